The molecule has 19 heteroatoms. The third-order valence-electron chi connectivity index (χ3n) is 10.9. The molecule has 0 bridgehead atoms. The summed E-state index contributed by atoms with van der Waals surface area (Å²) in [6, 6.07) is 2.65. The quantitative estimate of drug-likeness (QED) is 0.163. The number of Topliss-reactive ketones (excluding diaryl/α,β-unsaturated/α-hetero) is 1. The fraction of sp³-hybridized carbons (Fsp3) is 0.553. The Morgan fingerprint density at radius 3 is 2.16 bits per heavy atom. The van der Waals surface area contributed by atoms with Crippen LogP contribution in [0.1, 0.15) is 103 Å². The maximum absolute atomic E-state index is 14.0. The molecule has 1 amide bonds. The van der Waals surface area contributed by atoms with E-state index < -0.39 is 138 Å². The number of benzene rings is 2. The molecule has 2 aliphatic heterocycles. The summed E-state index contributed by atoms with van der Waals surface area (Å²) in [6.07, 6.45) is -16.6. The van der Waals surface area contributed by atoms with Crippen LogP contribution in [0.25, 0.3) is 0 Å². The van der Waals surface area contributed by atoms with Gasteiger partial charge in [-0.3, -0.25) is 24.0 Å². The van der Waals surface area contributed by atoms with E-state index in [4.69, 9.17) is 28.4 Å². The lowest BCUT2D eigenvalue weighted by Gasteiger charge is -2.47. The molecule has 0 spiro atoms. The van der Waals surface area contributed by atoms with Gasteiger partial charge >= 0.3 is 18.1 Å². The number of aromatic hydroxyl groups is 2. The summed E-state index contributed by atoms with van der Waals surface area (Å²) < 4.78 is 75.4. The number of esters is 1. The van der Waals surface area contributed by atoms with E-state index >= 15 is 0 Å². The molecule has 4 aliphatic rings. The first kappa shape index (κ1) is 42.0. The van der Waals surface area contributed by atoms with Crippen molar-refractivity contribution in [1.29, 1.82) is 0 Å². The molecule has 16 nitrogen and oxygen atoms in total. The first-order chi connectivity index (χ1) is 26.5. The lowest BCUT2D eigenvalue weighted by atomic mass is 9.72. The highest BCUT2D eigenvalue weighted by atomic mass is 19.4. The van der Waals surface area contributed by atoms with Crippen LogP contribution in [-0.4, -0.2) is 117 Å². The normalized spacial score (nSPS) is 32.4. The van der Waals surface area contributed by atoms with E-state index in [0.29, 0.717) is 0 Å². The van der Waals surface area contributed by atoms with E-state index in [1.54, 1.807) is 0 Å². The van der Waals surface area contributed by atoms with Crippen molar-refractivity contribution in [2.75, 3.05) is 7.11 Å². The summed E-state index contributed by atoms with van der Waals surface area (Å²) >= 11 is 0. The first-order valence-electron chi connectivity index (χ1n) is 18.0. The molecule has 0 radical (unpaired) electrons. The van der Waals surface area contributed by atoms with Gasteiger partial charge in [0.1, 0.15) is 34.6 Å². The fourth-order valence-electron chi connectivity index (χ4n) is 8.19. The van der Waals surface area contributed by atoms with Crippen LogP contribution in [0.15, 0.2) is 18.2 Å². The van der Waals surface area contributed by atoms with Gasteiger partial charge in [-0.25, -0.2) is 0 Å². The number of hydrogen-bond acceptors (Lipinski definition) is 15. The SMILES string of the molecule is COc1cccc2c1C(=O)c1c(O)c3c(c(O)c1C2=O)C[C@@](O)(C(C)=O)C[C@@H]3O[C@H]1C[C@H](NC(=O)C(F)(F)F)[C@H](O[C@H]2C[C@@](C)(O)[C@@H](OC(C)=O)[C@H](C)O2)[C@H](C)O1. The van der Waals surface area contributed by atoms with E-state index in [-0.39, 0.29) is 34.4 Å². The molecule has 0 saturated carbocycles. The zero-order valence-corrected chi connectivity index (χ0v) is 31.6. The second-order valence-electron chi connectivity index (χ2n) is 15.0. The predicted molar refractivity (Wildman–Crippen MR) is 184 cm³/mol. The topological polar surface area (TPSA) is 234 Å². The minimum atomic E-state index is -5.34. The van der Waals surface area contributed by atoms with Crippen LogP contribution in [0.4, 0.5) is 13.2 Å². The Labute approximate surface area is 323 Å². The standard InChI is InChI=1S/C38H42F3NO15/c1-14-33(57-24-13-36(5,50)34(15(2)54-24)55-17(4)44)20(42-35(49)38(39,40)41)10-23(53-14)56-22-12-37(51,16(3)43)11-19-26(22)32(48)28-27(30(19)46)29(45)18-8-7-9-21(52-6)25(18)31(28)47/h7-9,14-15,20,22-24,33-34,46,48,50-51H,10-13H2,1-6H3,(H,42,49)/t14-,15-,20-,22-,23-,24-,33+,34-,36+,37-/m0/s1. The maximum Gasteiger partial charge on any atom is 0.471 e. The van der Waals surface area contributed by atoms with Gasteiger partial charge in [-0.2, -0.15) is 13.2 Å². The van der Waals surface area contributed by atoms with Crippen LogP contribution >= 0.6 is 0 Å². The number of nitrogens with one attached hydrogen (secondary N) is 1. The number of ketones is 3. The molecule has 6 rings (SSSR count). The Hall–Kier alpha value is -4.66. The van der Waals surface area contributed by atoms with Crippen LogP contribution in [0.3, 0.4) is 0 Å². The van der Waals surface area contributed by atoms with Crippen LogP contribution in [-0.2, 0) is 44.5 Å². The van der Waals surface area contributed by atoms with E-state index in [0.717, 1.165) is 13.8 Å². The molecule has 310 valence electrons. The van der Waals surface area contributed by atoms with Gasteiger partial charge in [0.25, 0.3) is 0 Å². The summed E-state index contributed by atoms with van der Waals surface area (Å²) in [4.78, 5) is 64.5. The molecule has 10 atom stereocenters. The summed E-state index contributed by atoms with van der Waals surface area (Å²) in [7, 11) is 1.26. The Balaban J connectivity index is 1.35. The number of ether oxygens (including phenoxy) is 6. The number of hydrogen-bond donors (Lipinski definition) is 5. The lowest BCUT2D eigenvalue weighted by Crippen LogP contribution is -2.62. The molecule has 0 unspecified atom stereocenters. The number of methoxy groups -OCH3 is 1. The number of rotatable bonds is 8. The number of carbonyl (C=O) groups excluding carboxylic acids is 5. The smallest absolute Gasteiger partial charge is 0.471 e. The maximum atomic E-state index is 14.0. The van der Waals surface area contributed by atoms with E-state index in [2.05, 4.69) is 0 Å². The van der Waals surface area contributed by atoms with Crippen molar-refractivity contribution < 1.29 is 86.0 Å². The second kappa shape index (κ2) is 14.9. The van der Waals surface area contributed by atoms with Crippen molar-refractivity contribution in [3.8, 4) is 17.2 Å². The van der Waals surface area contributed by atoms with Crippen molar-refractivity contribution in [2.45, 2.75) is 127 Å². The third kappa shape index (κ3) is 7.59. The van der Waals surface area contributed by atoms with E-state index in [1.165, 1.54) is 46.1 Å². The summed E-state index contributed by atoms with van der Waals surface area (Å²) in [5.41, 5.74) is -6.11. The van der Waals surface area contributed by atoms with Crippen LogP contribution in [0.5, 0.6) is 17.2 Å². The van der Waals surface area contributed by atoms with Crippen molar-refractivity contribution in [2.24, 2.45) is 0 Å². The van der Waals surface area contributed by atoms with Gasteiger partial charge in [-0.1, -0.05) is 12.1 Å². The zero-order valence-electron chi connectivity index (χ0n) is 31.6. The summed E-state index contributed by atoms with van der Waals surface area (Å²) in [6.45, 7) is 6.42. The molecule has 2 aliphatic carbocycles. The van der Waals surface area contributed by atoms with E-state index in [9.17, 15) is 57.6 Å². The van der Waals surface area contributed by atoms with Crippen LogP contribution in [0, 0.1) is 0 Å². The van der Waals surface area contributed by atoms with Gasteiger partial charge in [0.15, 0.2) is 30.3 Å². The van der Waals surface area contributed by atoms with Crippen molar-refractivity contribution >= 4 is 29.2 Å². The third-order valence-corrected chi connectivity index (χ3v) is 10.9. The van der Waals surface area contributed by atoms with Gasteiger partial charge in [-0.05, 0) is 33.8 Å². The molecule has 2 aromatic rings. The molecular formula is C38H42F3NO15. The highest BCUT2D eigenvalue weighted by Gasteiger charge is 2.53. The van der Waals surface area contributed by atoms with E-state index in [1.807, 2.05) is 5.32 Å². The molecule has 2 fully saturated rings. The molecule has 0 aromatic heterocycles. The van der Waals surface area contributed by atoms with Crippen LogP contribution in [0.2, 0.25) is 0 Å². The number of fused-ring (bicyclic) bond motifs is 3. The van der Waals surface area contributed by atoms with Crippen molar-refractivity contribution in [3.05, 3.63) is 51.6 Å². The van der Waals surface area contributed by atoms with Gasteiger partial charge in [-0.15, -0.1) is 0 Å². The molecular weight excluding hydrogens is 767 g/mol. The molecule has 5 N–H and O–H groups in total. The Kier molecular flexibility index (Phi) is 11.0. The minimum absolute atomic E-state index is 0.00101. The number of halogens is 3. The zero-order chi connectivity index (χ0) is 42.1. The number of phenolic OH excluding ortho intramolecular Hbond substituents is 2. The Morgan fingerprint density at radius 1 is 0.912 bits per heavy atom. The van der Waals surface area contributed by atoms with Gasteiger partial charge in [0, 0.05) is 49.3 Å². The first-order valence-corrected chi connectivity index (χ1v) is 18.0. The van der Waals surface area contributed by atoms with Crippen molar-refractivity contribution in [3.63, 3.8) is 0 Å². The summed E-state index contributed by atoms with van der Waals surface area (Å²) in [5, 5.41) is 47.9. The fourth-order valence-corrected chi connectivity index (χ4v) is 8.19. The largest absolute Gasteiger partial charge is 0.507 e. The van der Waals surface area contributed by atoms with Gasteiger partial charge in [0.05, 0.1) is 48.2 Å². The molecule has 57 heavy (non-hydrogen) atoms. The van der Waals surface area contributed by atoms with Crippen LogP contribution < -0.4 is 10.1 Å². The minimum Gasteiger partial charge on any atom is -0.507 e. The van der Waals surface area contributed by atoms with Gasteiger partial charge < -0.3 is 54.2 Å². The second-order valence-corrected chi connectivity index (χ2v) is 15.0. The number of phenols is 2. The number of alkyl halides is 3. The predicted octanol–water partition coefficient (Wildman–Crippen LogP) is 2.59. The number of carbonyl (C=O) groups is 5. The average molecular weight is 810 g/mol. The van der Waals surface area contributed by atoms with Crippen molar-refractivity contribution in [1.82, 2.24) is 5.32 Å². The monoisotopic (exact) mass is 809 g/mol. The number of aliphatic hydroxyl groups is 2. The lowest BCUT2D eigenvalue weighted by molar-refractivity contribution is -0.317. The Bertz CT molecular complexity index is 2020. The highest BCUT2D eigenvalue weighted by molar-refractivity contribution is 6.31. The van der Waals surface area contributed by atoms with Gasteiger partial charge in [0.2, 0.25) is 5.78 Å². The number of amides is 1. The highest BCUT2D eigenvalue weighted by Crippen LogP contribution is 2.52. The average Bonchev–Trinajstić information content (AvgIpc) is 3.10. The summed E-state index contributed by atoms with van der Waals surface area (Å²) in [5.74, 6) is -7.22. The molecule has 2 heterocycles. The molecule has 2 aromatic carbocycles. The molecule has 2 saturated heterocycles. The Morgan fingerprint density at radius 2 is 1.56 bits per heavy atom.